The number of aromatic nitrogens is 4. The maximum atomic E-state index is 12.5. The van der Waals surface area contributed by atoms with E-state index in [9.17, 15) is 9.59 Å². The number of H-pyrrole nitrogens is 1. The van der Waals surface area contributed by atoms with Gasteiger partial charge in [-0.2, -0.15) is 5.10 Å². The van der Waals surface area contributed by atoms with Crippen molar-refractivity contribution < 1.29 is 4.79 Å². The number of fused-ring (bicyclic) bond motifs is 2. The van der Waals surface area contributed by atoms with Crippen molar-refractivity contribution in [3.63, 3.8) is 0 Å². The molecule has 2 aromatic carbocycles. The number of hydrogen-bond acceptors (Lipinski definition) is 3. The number of imidazole rings is 1. The standard InChI is InChI=1S/C22H21N5O2/c28-21(14-26-20-11-5-4-10-17(20)24-22(26)29)23-13-18-16-9-6-12-19(16)27(25-18)15-7-2-1-3-8-15/h1-5,7-8,10-11H,6,9,12-14H2,(H,23,28)(H,24,29). The molecular formula is C22H21N5O2. The van der Waals surface area contributed by atoms with Gasteiger partial charge in [-0.1, -0.05) is 30.3 Å². The first kappa shape index (κ1) is 17.5. The van der Waals surface area contributed by atoms with Gasteiger partial charge < -0.3 is 10.3 Å². The minimum Gasteiger partial charge on any atom is -0.349 e. The predicted octanol–water partition coefficient (Wildman–Crippen LogP) is 2.32. The van der Waals surface area contributed by atoms with E-state index in [-0.39, 0.29) is 18.1 Å². The number of benzene rings is 2. The Morgan fingerprint density at radius 2 is 1.86 bits per heavy atom. The van der Waals surface area contributed by atoms with Gasteiger partial charge in [0.2, 0.25) is 5.91 Å². The van der Waals surface area contributed by atoms with Gasteiger partial charge in [-0.25, -0.2) is 9.48 Å². The third-order valence-corrected chi connectivity index (χ3v) is 5.45. The van der Waals surface area contributed by atoms with Crippen molar-refractivity contribution >= 4 is 16.9 Å². The number of nitrogens with one attached hydrogen (secondary N) is 2. The molecule has 0 atom stereocenters. The number of rotatable bonds is 5. The number of carbonyl (C=O) groups excluding carboxylic acids is 1. The molecular weight excluding hydrogens is 366 g/mol. The van der Waals surface area contributed by atoms with Crippen LogP contribution in [0.3, 0.4) is 0 Å². The lowest BCUT2D eigenvalue weighted by atomic mass is 10.2. The topological polar surface area (TPSA) is 84.7 Å². The smallest absolute Gasteiger partial charge is 0.326 e. The van der Waals surface area contributed by atoms with Gasteiger partial charge >= 0.3 is 5.69 Å². The van der Waals surface area contributed by atoms with Gasteiger partial charge in [-0.15, -0.1) is 0 Å². The van der Waals surface area contributed by atoms with E-state index in [2.05, 4.69) is 10.3 Å². The summed E-state index contributed by atoms with van der Waals surface area (Å²) >= 11 is 0. The zero-order chi connectivity index (χ0) is 19.8. The Hall–Kier alpha value is -3.61. The van der Waals surface area contributed by atoms with E-state index in [1.54, 1.807) is 0 Å². The maximum Gasteiger partial charge on any atom is 0.326 e. The van der Waals surface area contributed by atoms with E-state index < -0.39 is 0 Å². The highest BCUT2D eigenvalue weighted by molar-refractivity contribution is 5.80. The lowest BCUT2D eigenvalue weighted by Gasteiger charge is -2.06. The second-order valence-electron chi connectivity index (χ2n) is 7.28. The summed E-state index contributed by atoms with van der Waals surface area (Å²) in [7, 11) is 0. The molecule has 0 radical (unpaired) electrons. The van der Waals surface area contributed by atoms with E-state index >= 15 is 0 Å². The van der Waals surface area contributed by atoms with E-state index in [0.29, 0.717) is 6.54 Å². The summed E-state index contributed by atoms with van der Waals surface area (Å²) in [6, 6.07) is 17.4. The Labute approximate surface area is 167 Å². The molecule has 5 rings (SSSR count). The highest BCUT2D eigenvalue weighted by Crippen LogP contribution is 2.27. The fraction of sp³-hybridized carbons (Fsp3) is 0.227. The van der Waals surface area contributed by atoms with Crippen molar-refractivity contribution in [2.75, 3.05) is 0 Å². The minimum absolute atomic E-state index is 0.0234. The molecule has 1 aliphatic carbocycles. The number of hydrogen-bond donors (Lipinski definition) is 2. The molecule has 7 heteroatoms. The van der Waals surface area contributed by atoms with Crippen LogP contribution >= 0.6 is 0 Å². The monoisotopic (exact) mass is 387 g/mol. The second-order valence-corrected chi connectivity index (χ2v) is 7.28. The minimum atomic E-state index is -0.282. The van der Waals surface area contributed by atoms with Crippen molar-refractivity contribution in [1.82, 2.24) is 24.6 Å². The molecule has 1 amide bonds. The number of amides is 1. The molecule has 2 aromatic heterocycles. The van der Waals surface area contributed by atoms with Crippen LogP contribution in [0.15, 0.2) is 59.4 Å². The van der Waals surface area contributed by atoms with Crippen molar-refractivity contribution in [3.8, 4) is 5.69 Å². The van der Waals surface area contributed by atoms with Crippen LogP contribution in [0.5, 0.6) is 0 Å². The first-order valence-corrected chi connectivity index (χ1v) is 9.80. The van der Waals surface area contributed by atoms with E-state index in [1.807, 2.05) is 59.3 Å². The summed E-state index contributed by atoms with van der Waals surface area (Å²) < 4.78 is 3.45. The Kier molecular flexibility index (Phi) is 4.27. The van der Waals surface area contributed by atoms with E-state index in [0.717, 1.165) is 41.7 Å². The summed E-state index contributed by atoms with van der Waals surface area (Å²) in [6.45, 7) is 0.336. The van der Waals surface area contributed by atoms with Crippen LogP contribution in [0.2, 0.25) is 0 Å². The quantitative estimate of drug-likeness (QED) is 0.551. The highest BCUT2D eigenvalue weighted by Gasteiger charge is 2.23. The Morgan fingerprint density at radius 1 is 1.07 bits per heavy atom. The van der Waals surface area contributed by atoms with Crippen molar-refractivity contribution in [3.05, 3.63) is 82.0 Å². The highest BCUT2D eigenvalue weighted by atomic mass is 16.2. The maximum absolute atomic E-state index is 12.5. The zero-order valence-electron chi connectivity index (χ0n) is 15.9. The van der Waals surface area contributed by atoms with Crippen molar-refractivity contribution in [2.24, 2.45) is 0 Å². The molecule has 0 saturated carbocycles. The predicted molar refractivity (Wildman–Crippen MR) is 110 cm³/mol. The normalized spacial score (nSPS) is 13.0. The fourth-order valence-corrected chi connectivity index (χ4v) is 4.08. The van der Waals surface area contributed by atoms with Gasteiger partial charge in [0.25, 0.3) is 0 Å². The molecule has 146 valence electrons. The first-order valence-electron chi connectivity index (χ1n) is 9.80. The Morgan fingerprint density at radius 3 is 2.72 bits per heavy atom. The molecule has 0 saturated heterocycles. The van der Waals surface area contributed by atoms with Crippen molar-refractivity contribution in [1.29, 1.82) is 0 Å². The number of para-hydroxylation sites is 3. The molecule has 4 aromatic rings. The second kappa shape index (κ2) is 7.09. The van der Waals surface area contributed by atoms with E-state index in [4.69, 9.17) is 5.10 Å². The summed E-state index contributed by atoms with van der Waals surface area (Å²) in [4.78, 5) is 27.5. The molecule has 0 fully saturated rings. The molecule has 0 unspecified atom stereocenters. The molecule has 1 aliphatic rings. The zero-order valence-corrected chi connectivity index (χ0v) is 15.9. The van der Waals surface area contributed by atoms with Crippen molar-refractivity contribution in [2.45, 2.75) is 32.4 Å². The Balaban J connectivity index is 1.35. The van der Waals surface area contributed by atoms with Crippen LogP contribution in [0.1, 0.15) is 23.4 Å². The molecule has 0 spiro atoms. The molecule has 2 N–H and O–H groups in total. The average molecular weight is 387 g/mol. The number of carbonyl (C=O) groups is 1. The van der Waals surface area contributed by atoms with Gasteiger partial charge in [0.05, 0.1) is 29.0 Å². The van der Waals surface area contributed by atoms with Gasteiger partial charge in [0.1, 0.15) is 6.54 Å². The molecule has 0 aliphatic heterocycles. The summed E-state index contributed by atoms with van der Waals surface area (Å²) in [6.07, 6.45) is 3.08. The molecule has 2 heterocycles. The van der Waals surface area contributed by atoms with Gasteiger partial charge in [-0.05, 0) is 49.1 Å². The SMILES string of the molecule is O=C(Cn1c(=O)[nH]c2ccccc21)NCc1nn(-c2ccccc2)c2c1CCC2. The Bertz CT molecular complexity index is 1250. The summed E-state index contributed by atoms with van der Waals surface area (Å²) in [5, 5.41) is 7.70. The lowest BCUT2D eigenvalue weighted by Crippen LogP contribution is -2.31. The van der Waals surface area contributed by atoms with Crippen LogP contribution in [0.25, 0.3) is 16.7 Å². The molecule has 7 nitrogen and oxygen atoms in total. The van der Waals surface area contributed by atoms with Gasteiger partial charge in [0.15, 0.2) is 0 Å². The van der Waals surface area contributed by atoms with Gasteiger partial charge in [0, 0.05) is 5.69 Å². The third kappa shape index (κ3) is 3.14. The number of nitrogens with zero attached hydrogens (tertiary/aromatic N) is 3. The first-order chi connectivity index (χ1) is 14.2. The average Bonchev–Trinajstić information content (AvgIpc) is 3.42. The van der Waals surface area contributed by atoms with Crippen LogP contribution in [0.4, 0.5) is 0 Å². The summed E-state index contributed by atoms with van der Waals surface area (Å²) in [5.41, 5.74) is 5.57. The van der Waals surface area contributed by atoms with E-state index in [1.165, 1.54) is 15.8 Å². The van der Waals surface area contributed by atoms with Crippen LogP contribution in [0, 0.1) is 0 Å². The fourth-order valence-electron chi connectivity index (χ4n) is 4.08. The summed E-state index contributed by atoms with van der Waals surface area (Å²) in [5.74, 6) is -0.210. The largest absolute Gasteiger partial charge is 0.349 e. The van der Waals surface area contributed by atoms with Crippen LogP contribution in [-0.2, 0) is 30.7 Å². The van der Waals surface area contributed by atoms with Gasteiger partial charge in [-0.3, -0.25) is 9.36 Å². The molecule has 0 bridgehead atoms. The lowest BCUT2D eigenvalue weighted by molar-refractivity contribution is -0.121. The third-order valence-electron chi connectivity index (χ3n) is 5.45. The molecule has 29 heavy (non-hydrogen) atoms. The van der Waals surface area contributed by atoms with Crippen LogP contribution in [-0.4, -0.2) is 25.2 Å². The number of aromatic amines is 1. The van der Waals surface area contributed by atoms with Crippen LogP contribution < -0.4 is 11.0 Å².